The molecule has 14 nitrogen and oxygen atoms in total. The Hall–Kier alpha value is -5.14. The lowest BCUT2D eigenvalue weighted by Gasteiger charge is -2.40. The molecule has 352 valence electrons. The first-order valence-electron chi connectivity index (χ1n) is 23.4. The Kier molecular flexibility index (Phi) is 16.2. The van der Waals surface area contributed by atoms with E-state index in [2.05, 4.69) is 13.8 Å². The second kappa shape index (κ2) is 20.8. The molecule has 1 N–H and O–H groups in total. The maximum absolute atomic E-state index is 13.8. The number of aryl methyl sites for hydroxylation is 2. The van der Waals surface area contributed by atoms with Gasteiger partial charge in [0.15, 0.2) is 11.2 Å². The minimum Gasteiger partial charge on any atom is -0.481 e. The molecule has 0 unspecified atom stereocenters. The third-order valence-electron chi connectivity index (χ3n) is 12.8. The summed E-state index contributed by atoms with van der Waals surface area (Å²) in [6, 6.07) is 7.70. The summed E-state index contributed by atoms with van der Waals surface area (Å²) in [6.07, 6.45) is 10.9. The fourth-order valence-electron chi connectivity index (χ4n) is 9.62. The summed E-state index contributed by atoms with van der Waals surface area (Å²) in [5.74, 6) is -0.902. The summed E-state index contributed by atoms with van der Waals surface area (Å²) in [6.45, 7) is 21.0. The van der Waals surface area contributed by atoms with E-state index in [1.807, 2.05) is 43.6 Å². The third-order valence-corrected chi connectivity index (χ3v) is 12.8. The molecule has 4 aliphatic rings. The standard InChI is InChI=1S/C26H38N2O5.C24H34N2O5/c1-7-32-23(29)13-14-27-21-16-20(18(4)15-22(21)33-26(5,6)25(27)31)24(30)28(17(2)3)19-11-9-8-10-12-19;1-15(2)26(17-9-7-6-8-10-17)22(29)18-14-19-20(13-16(18)3)31-24(4,5)23(30)25(19)12-11-21(27)28/h15-17,19H,7-14H2,1-6H3;13-15,17H,6-12H2,1-5H3,(H,27,28). The van der Waals surface area contributed by atoms with Gasteiger partial charge in [-0.25, -0.2) is 0 Å². The molecule has 0 bridgehead atoms. The second-order valence-corrected chi connectivity index (χ2v) is 19.3. The van der Waals surface area contributed by atoms with Crippen LogP contribution in [0.4, 0.5) is 11.4 Å². The van der Waals surface area contributed by atoms with E-state index in [9.17, 15) is 28.8 Å². The van der Waals surface area contributed by atoms with Crippen molar-refractivity contribution in [1.82, 2.24) is 9.80 Å². The fourth-order valence-corrected chi connectivity index (χ4v) is 9.62. The molecular formula is C50H72N4O10. The molecule has 14 heteroatoms. The van der Waals surface area contributed by atoms with Gasteiger partial charge in [0, 0.05) is 48.4 Å². The van der Waals surface area contributed by atoms with Crippen LogP contribution in [0.15, 0.2) is 24.3 Å². The van der Waals surface area contributed by atoms with Gasteiger partial charge in [0.25, 0.3) is 23.6 Å². The van der Waals surface area contributed by atoms with E-state index in [1.165, 1.54) is 17.7 Å². The summed E-state index contributed by atoms with van der Waals surface area (Å²) < 4.78 is 17.0. The molecule has 2 aromatic rings. The molecule has 2 heterocycles. The Balaban J connectivity index is 0.000000241. The van der Waals surface area contributed by atoms with E-state index in [1.54, 1.807) is 57.7 Å². The summed E-state index contributed by atoms with van der Waals surface area (Å²) in [5, 5.41) is 9.14. The lowest BCUT2D eigenvalue weighted by molar-refractivity contribution is -0.143. The Morgan fingerprint density at radius 2 is 1.05 bits per heavy atom. The molecule has 0 radical (unpaired) electrons. The van der Waals surface area contributed by atoms with Gasteiger partial charge >= 0.3 is 11.9 Å². The lowest BCUT2D eigenvalue weighted by atomic mass is 9.92. The quantitative estimate of drug-likeness (QED) is 0.192. The summed E-state index contributed by atoms with van der Waals surface area (Å²) in [7, 11) is 0. The van der Waals surface area contributed by atoms with Crippen LogP contribution in [0.5, 0.6) is 11.5 Å². The van der Waals surface area contributed by atoms with Crippen LogP contribution in [0.3, 0.4) is 0 Å². The number of amides is 4. The number of benzene rings is 2. The van der Waals surface area contributed by atoms with Crippen LogP contribution in [-0.2, 0) is 23.9 Å². The van der Waals surface area contributed by atoms with Crippen molar-refractivity contribution in [1.29, 1.82) is 0 Å². The largest absolute Gasteiger partial charge is 0.481 e. The molecule has 2 fully saturated rings. The molecule has 64 heavy (non-hydrogen) atoms. The number of esters is 1. The minimum atomic E-state index is -1.10. The lowest BCUT2D eigenvalue weighted by Crippen LogP contribution is -2.53. The van der Waals surface area contributed by atoms with Crippen molar-refractivity contribution in [3.05, 3.63) is 46.5 Å². The highest BCUT2D eigenvalue weighted by Crippen LogP contribution is 2.42. The van der Waals surface area contributed by atoms with Crippen molar-refractivity contribution < 1.29 is 48.1 Å². The number of carbonyl (C=O) groups is 6. The van der Waals surface area contributed by atoms with E-state index in [-0.39, 0.29) is 79.7 Å². The van der Waals surface area contributed by atoms with E-state index < -0.39 is 17.2 Å². The number of fused-ring (bicyclic) bond motifs is 2. The van der Waals surface area contributed by atoms with Gasteiger partial charge in [0.1, 0.15) is 11.5 Å². The van der Waals surface area contributed by atoms with Gasteiger partial charge in [-0.1, -0.05) is 38.5 Å². The van der Waals surface area contributed by atoms with Crippen molar-refractivity contribution in [2.45, 2.75) is 189 Å². The predicted octanol–water partition coefficient (Wildman–Crippen LogP) is 8.79. The maximum atomic E-state index is 13.8. The number of ether oxygens (including phenoxy) is 3. The van der Waals surface area contributed by atoms with E-state index in [4.69, 9.17) is 19.3 Å². The van der Waals surface area contributed by atoms with Crippen LogP contribution in [-0.4, -0.2) is 106 Å². The van der Waals surface area contributed by atoms with Crippen molar-refractivity contribution >= 4 is 46.9 Å². The van der Waals surface area contributed by atoms with Crippen LogP contribution in [0.2, 0.25) is 0 Å². The van der Waals surface area contributed by atoms with Crippen LogP contribution in [0.1, 0.15) is 171 Å². The highest BCUT2D eigenvalue weighted by molar-refractivity contribution is 6.06. The van der Waals surface area contributed by atoms with E-state index >= 15 is 0 Å². The summed E-state index contributed by atoms with van der Waals surface area (Å²) in [4.78, 5) is 83.7. The number of aliphatic carboxylic acids is 1. The minimum absolute atomic E-state index is 0.0141. The number of hydrogen-bond donors (Lipinski definition) is 1. The molecule has 0 atom stereocenters. The molecule has 6 rings (SSSR count). The predicted molar refractivity (Wildman–Crippen MR) is 246 cm³/mol. The van der Waals surface area contributed by atoms with Crippen LogP contribution < -0.4 is 19.3 Å². The highest BCUT2D eigenvalue weighted by atomic mass is 16.5. The molecule has 4 amide bonds. The van der Waals surface area contributed by atoms with Crippen molar-refractivity contribution in [2.24, 2.45) is 0 Å². The van der Waals surface area contributed by atoms with Gasteiger partial charge in [-0.05, 0) is 137 Å². The Morgan fingerprint density at radius 1 is 0.672 bits per heavy atom. The molecule has 2 aromatic carbocycles. The Morgan fingerprint density at radius 3 is 1.39 bits per heavy atom. The van der Waals surface area contributed by atoms with Gasteiger partial charge < -0.3 is 38.9 Å². The van der Waals surface area contributed by atoms with Crippen molar-refractivity contribution in [3.63, 3.8) is 0 Å². The number of hydrogen-bond acceptors (Lipinski definition) is 9. The first kappa shape index (κ1) is 49.9. The zero-order valence-corrected chi connectivity index (χ0v) is 40.1. The monoisotopic (exact) mass is 889 g/mol. The van der Waals surface area contributed by atoms with Crippen LogP contribution in [0.25, 0.3) is 0 Å². The molecule has 2 aliphatic carbocycles. The van der Waals surface area contributed by atoms with Gasteiger partial charge in [-0.2, -0.15) is 0 Å². The maximum Gasteiger partial charge on any atom is 0.307 e. The molecule has 0 aromatic heterocycles. The number of carboxylic acid groups (broad SMARTS) is 1. The number of rotatable bonds is 13. The third kappa shape index (κ3) is 11.2. The van der Waals surface area contributed by atoms with Gasteiger partial charge in [-0.3, -0.25) is 28.8 Å². The molecule has 2 saturated carbocycles. The Bertz CT molecular complexity index is 2060. The van der Waals surface area contributed by atoms with Crippen molar-refractivity contribution in [2.75, 3.05) is 29.5 Å². The Labute approximate surface area is 379 Å². The van der Waals surface area contributed by atoms with Gasteiger partial charge in [0.2, 0.25) is 0 Å². The first-order chi connectivity index (χ1) is 30.1. The second-order valence-electron chi connectivity index (χ2n) is 19.3. The topological polar surface area (TPSA) is 163 Å². The average Bonchev–Trinajstić information content (AvgIpc) is 3.21. The highest BCUT2D eigenvalue weighted by Gasteiger charge is 2.44. The SMILES string of the molecule is CCOC(=O)CCN1C(=O)C(C)(C)Oc2cc(C)c(C(=O)N(C(C)C)C3CCCCC3)cc21.Cc1cc2c(cc1C(=O)N(C(C)C)C1CCCCC1)N(CCC(=O)O)C(=O)C(C)(C)O2. The average molecular weight is 889 g/mol. The zero-order valence-electron chi connectivity index (χ0n) is 40.1. The molecule has 0 saturated heterocycles. The molecular weight excluding hydrogens is 817 g/mol. The van der Waals surface area contributed by atoms with Crippen molar-refractivity contribution in [3.8, 4) is 11.5 Å². The molecule has 0 spiro atoms. The molecule has 2 aliphatic heterocycles. The normalized spacial score (nSPS) is 18.3. The number of anilines is 2. The summed E-state index contributed by atoms with van der Waals surface area (Å²) >= 11 is 0. The zero-order chi connectivity index (χ0) is 47.3. The smallest absolute Gasteiger partial charge is 0.307 e. The summed E-state index contributed by atoms with van der Waals surface area (Å²) in [5.41, 5.74) is 1.54. The first-order valence-corrected chi connectivity index (χ1v) is 23.4. The fraction of sp³-hybridized carbons (Fsp3) is 0.640. The number of carbonyl (C=O) groups excluding carboxylic acids is 5. The van der Waals surface area contributed by atoms with Gasteiger partial charge in [-0.15, -0.1) is 0 Å². The number of carboxylic acids is 1. The van der Waals surface area contributed by atoms with E-state index in [0.717, 1.165) is 62.5 Å². The van der Waals surface area contributed by atoms with Crippen LogP contribution in [0, 0.1) is 13.8 Å². The van der Waals surface area contributed by atoms with E-state index in [0.29, 0.717) is 40.6 Å². The van der Waals surface area contributed by atoms with Crippen LogP contribution >= 0.6 is 0 Å². The van der Waals surface area contributed by atoms with Gasteiger partial charge in [0.05, 0.1) is 30.8 Å². The number of nitrogens with zero attached hydrogens (tertiary/aromatic N) is 4.